The summed E-state index contributed by atoms with van der Waals surface area (Å²) in [5, 5.41) is 42.8. The molecule has 0 amide bonds. The number of fused-ring (bicyclic) bond motifs is 1. The Balaban J connectivity index is -0.000000547. The van der Waals surface area contributed by atoms with Gasteiger partial charge >= 0.3 is 0 Å². The van der Waals surface area contributed by atoms with Crippen LogP contribution in [0.4, 0.5) is 17.5 Å². The van der Waals surface area contributed by atoms with E-state index in [1.54, 1.807) is 114 Å². The predicted octanol–water partition coefficient (Wildman–Crippen LogP) is 4.82. The standard InChI is InChI=1S/C8H9N3.C8H11N3.C7H10N4.3C7H15N3.C5H11N3.C4H9N3.C4H10N2O.3C4H10N2.C3H8N2/c1-9-8-10-6-4-2-3-5-7(6)11-8;1-10-8(9)11-7-5-3-2-4-6-7;1-9-7(8)11-6-4-2-3-5-10-6;3*1-9-7(8)10-5-3-2-4-6-10;1-6-5-7-3-4-8(5)2;1-5-4-6-2-3-7-4;1-4(5)6(2)7-3;2*1-4(5)6(2)3;1-4(5-2)6-3;1-3(4)5-2/h2-5H,1H3,(H2,9,10,11);2-6H,1H3,(H3,9,10,11);2-5H,1H3,(H3,8,9,10,11);3*2-6H2,1H3,(H2,8,9);3-4H2,1-2H3,(H,6,7);2-3H2,1H3,(H2,5,6,7);5H,1-3H3;2*5H,1-3H3;1-3H3,(H,5,6);1-2H3,(H2,4,5). The number of pyridine rings is 1. The summed E-state index contributed by atoms with van der Waals surface area (Å²) in [6, 6.07) is 23.1. The number of amidine groups is 5. The molecule has 0 saturated carbocycles. The van der Waals surface area contributed by atoms with E-state index in [2.05, 4.69) is 122 Å². The third-order valence-electron chi connectivity index (χ3n) is 15.2. The van der Waals surface area contributed by atoms with Crippen molar-refractivity contribution >= 4 is 99.4 Å². The van der Waals surface area contributed by atoms with Gasteiger partial charge in [-0.25, -0.2) is 15.0 Å². The number of guanidine groups is 7. The zero-order valence-corrected chi connectivity index (χ0v) is 69.9. The van der Waals surface area contributed by atoms with Crippen LogP contribution in [0.3, 0.4) is 0 Å². The lowest BCUT2D eigenvalue weighted by Gasteiger charge is -2.27. The molecule has 0 bridgehead atoms. The molecule has 0 spiro atoms. The second-order valence-corrected chi connectivity index (χ2v) is 23.8. The van der Waals surface area contributed by atoms with Crippen molar-refractivity contribution in [2.24, 2.45) is 79.3 Å². The molecular weight excluding hydrogens is 1370 g/mol. The Bertz CT molecular complexity index is 3000. The first-order valence-corrected chi connectivity index (χ1v) is 35.8. The molecule has 5 fully saturated rings. The number of benzene rings is 2. The van der Waals surface area contributed by atoms with E-state index >= 15 is 0 Å². The first-order chi connectivity index (χ1) is 51.4. The van der Waals surface area contributed by atoms with Crippen molar-refractivity contribution in [3.63, 3.8) is 0 Å². The van der Waals surface area contributed by atoms with Gasteiger partial charge in [0.05, 0.1) is 41.5 Å². The number of para-hydroxylation sites is 3. The highest BCUT2D eigenvalue weighted by Gasteiger charge is 2.13. The monoisotopic (exact) mass is 1510 g/mol. The Morgan fingerprint density at radius 2 is 0.917 bits per heavy atom. The smallest absolute Gasteiger partial charge is 0.200 e. The molecular formula is C72H143N35O. The van der Waals surface area contributed by atoms with E-state index in [0.29, 0.717) is 59.0 Å². The maximum absolute atomic E-state index is 6.90. The lowest BCUT2D eigenvalue weighted by atomic mass is 10.1. The minimum Gasteiger partial charge on any atom is -0.388 e. The number of rotatable bonds is 4. The number of aliphatic imine (C=N–C) groups is 9. The molecule has 612 valence electrons. The van der Waals surface area contributed by atoms with Crippen molar-refractivity contribution in [3.8, 4) is 0 Å². The number of hydroxylamine groups is 2. The molecule has 0 unspecified atom stereocenters. The predicted molar refractivity (Wildman–Crippen MR) is 465 cm³/mol. The van der Waals surface area contributed by atoms with E-state index in [0.717, 1.165) is 106 Å². The molecule has 5 aliphatic rings. The van der Waals surface area contributed by atoms with Crippen LogP contribution in [0, 0.1) is 16.2 Å². The molecule has 0 atom stereocenters. The topological polar surface area (TPSA) is 497 Å². The number of likely N-dealkylation sites (N-methyl/N-ethyl adjacent to an activating group) is 1. The van der Waals surface area contributed by atoms with E-state index < -0.39 is 0 Å². The second-order valence-electron chi connectivity index (χ2n) is 23.8. The number of likely N-dealkylation sites (tertiary alicyclic amines) is 3. The number of hydrogen-bond acceptors (Lipinski definition) is 16. The molecule has 7 heterocycles. The molecule has 0 aliphatic carbocycles. The molecule has 108 heavy (non-hydrogen) atoms. The van der Waals surface area contributed by atoms with Gasteiger partial charge in [0.2, 0.25) is 5.95 Å². The van der Waals surface area contributed by atoms with Gasteiger partial charge in [-0.3, -0.25) is 66.0 Å². The summed E-state index contributed by atoms with van der Waals surface area (Å²) in [6.45, 7) is 19.5. The minimum absolute atomic E-state index is 0.365. The summed E-state index contributed by atoms with van der Waals surface area (Å²) >= 11 is 0. The third kappa shape index (κ3) is 57.4. The number of nitrogens with one attached hydrogen (secondary N) is 11. The molecule has 0 radical (unpaired) electrons. The summed E-state index contributed by atoms with van der Waals surface area (Å²) < 4.78 is 0. The van der Waals surface area contributed by atoms with Crippen molar-refractivity contribution in [1.82, 2.24) is 70.7 Å². The van der Waals surface area contributed by atoms with Gasteiger partial charge in [0.1, 0.15) is 11.7 Å². The lowest BCUT2D eigenvalue weighted by molar-refractivity contribution is -0.0430. The molecule has 5 aliphatic heterocycles. The minimum atomic E-state index is 0.365. The Morgan fingerprint density at radius 1 is 0.500 bits per heavy atom. The lowest BCUT2D eigenvalue weighted by Crippen LogP contribution is -2.40. The van der Waals surface area contributed by atoms with Crippen LogP contribution in [0.1, 0.15) is 92.4 Å². The Morgan fingerprint density at radius 3 is 1.19 bits per heavy atom. The van der Waals surface area contributed by atoms with E-state index in [4.69, 9.17) is 50.6 Å². The fraction of sp³-hybridized carbons (Fsp3) is 0.583. The molecule has 23 N–H and O–H groups in total. The van der Waals surface area contributed by atoms with Gasteiger partial charge in [0.15, 0.2) is 41.7 Å². The van der Waals surface area contributed by atoms with Gasteiger partial charge in [-0.2, -0.15) is 0 Å². The number of imidazole rings is 1. The number of aromatic nitrogens is 3. The zero-order chi connectivity index (χ0) is 82.6. The summed E-state index contributed by atoms with van der Waals surface area (Å²) in [5.41, 5.74) is 35.8. The Hall–Kier alpha value is -10.9. The van der Waals surface area contributed by atoms with Crippen LogP contribution in [0.5, 0.6) is 0 Å². The molecule has 36 nitrogen and oxygen atoms in total. The number of nitrogens with two attached hydrogens (primary N) is 6. The van der Waals surface area contributed by atoms with Crippen LogP contribution in [-0.2, 0) is 4.84 Å². The molecule has 36 heteroatoms. The van der Waals surface area contributed by atoms with Gasteiger partial charge in [-0.05, 0) is 129 Å². The zero-order valence-electron chi connectivity index (χ0n) is 69.9. The highest BCUT2D eigenvalue weighted by Crippen LogP contribution is 2.13. The van der Waals surface area contributed by atoms with Crippen LogP contribution in [0.2, 0.25) is 0 Å². The maximum Gasteiger partial charge on any atom is 0.200 e. The fourth-order valence-electron chi connectivity index (χ4n) is 7.87. The Kier molecular flexibility index (Phi) is 65.0. The van der Waals surface area contributed by atoms with Gasteiger partial charge in [0.25, 0.3) is 0 Å². The average molecular weight is 1520 g/mol. The normalized spacial score (nSPS) is 14.8. The van der Waals surface area contributed by atoms with Crippen LogP contribution < -0.4 is 71.6 Å². The molecule has 2 aromatic carbocycles. The SMILES string of the molecule is CC(=N)N(C)C.CC(=N)N(C)C.CN=C(C)N.CN=C(C)NC.CN=C(N)N1CCCCC1.CN=C(N)N1CCCCC1.CN=C(N)N1CCCCC1.CN=C(N)Nc1ccccc1.CN=C(N)Nc1ccccn1.CN=C1NCCN1.CN=C1NCCN1C.CNc1nc2ccccc2[nH]1.CON(C)C(C)=N. The summed E-state index contributed by atoms with van der Waals surface area (Å²) in [7, 11) is 31.8. The number of nitrogens with zero attached hydrogens (tertiary/aromatic N) is 18. The van der Waals surface area contributed by atoms with Crippen molar-refractivity contribution in [3.05, 3.63) is 79.0 Å². The molecule has 9 rings (SSSR count). The number of piperidine rings is 3. The van der Waals surface area contributed by atoms with Crippen LogP contribution in [0.25, 0.3) is 11.0 Å². The maximum atomic E-state index is 6.90. The summed E-state index contributed by atoms with van der Waals surface area (Å²) in [5.74, 6) is 9.50. The molecule has 2 aromatic heterocycles. The highest BCUT2D eigenvalue weighted by molar-refractivity contribution is 5.92. The first kappa shape index (κ1) is 103. The average Bonchev–Trinajstić information content (AvgIpc) is 1.71. The largest absolute Gasteiger partial charge is 0.388 e. The second kappa shape index (κ2) is 67.9. The quantitative estimate of drug-likeness (QED) is 0.0739. The molecule has 5 saturated heterocycles. The summed E-state index contributed by atoms with van der Waals surface area (Å²) in [4.78, 5) is 62.6. The van der Waals surface area contributed by atoms with Gasteiger partial charge < -0.3 is 106 Å². The highest BCUT2D eigenvalue weighted by atomic mass is 16.7. The third-order valence-corrected chi connectivity index (χ3v) is 15.2. The number of anilines is 3. The van der Waals surface area contributed by atoms with Gasteiger partial charge in [0, 0.05) is 197 Å². The fourth-order valence-corrected chi connectivity index (χ4v) is 7.87. The van der Waals surface area contributed by atoms with E-state index in [-0.39, 0.29) is 0 Å². The van der Waals surface area contributed by atoms with Crippen LogP contribution >= 0.6 is 0 Å². The van der Waals surface area contributed by atoms with E-state index in [1.165, 1.54) is 70.0 Å². The van der Waals surface area contributed by atoms with Gasteiger partial charge in [-0.1, -0.05) is 36.4 Å². The van der Waals surface area contributed by atoms with Crippen molar-refractivity contribution in [1.29, 1.82) is 16.2 Å². The number of aromatic amines is 1. The van der Waals surface area contributed by atoms with Crippen molar-refractivity contribution < 1.29 is 4.84 Å². The summed E-state index contributed by atoms with van der Waals surface area (Å²) in [6.07, 6.45) is 13.3. The van der Waals surface area contributed by atoms with E-state index in [1.807, 2.05) is 129 Å². The number of H-pyrrole nitrogens is 1. The van der Waals surface area contributed by atoms with Crippen LogP contribution in [-0.4, -0.2) is 313 Å². The van der Waals surface area contributed by atoms with Crippen molar-refractivity contribution in [2.45, 2.75) is 92.4 Å². The Labute approximate surface area is 647 Å². The number of hydrogen-bond donors (Lipinski definition) is 17. The van der Waals surface area contributed by atoms with Crippen molar-refractivity contribution in [2.75, 3.05) is 208 Å². The molecule has 4 aromatic rings. The van der Waals surface area contributed by atoms with E-state index in [9.17, 15) is 0 Å². The van der Waals surface area contributed by atoms with Crippen LogP contribution in [0.15, 0.2) is 124 Å². The van der Waals surface area contributed by atoms with Gasteiger partial charge in [-0.15, -0.1) is 0 Å². The first-order valence-electron chi connectivity index (χ1n) is 35.8.